The molecule has 14 heavy (non-hydrogen) atoms. The maximum absolute atomic E-state index is 11.0. The Morgan fingerprint density at radius 1 is 1.36 bits per heavy atom. The van der Waals surface area contributed by atoms with Gasteiger partial charge >= 0.3 is 0 Å². The van der Waals surface area contributed by atoms with Crippen LogP contribution < -0.4 is 0 Å². The quantitative estimate of drug-likeness (QED) is 0.597. The SMILES string of the molecule is C=C.CN(C)C1(C#N)CCC(=O)CC1. The smallest absolute Gasteiger partial charge is 0.133 e. The fourth-order valence-electron chi connectivity index (χ4n) is 1.60. The third-order valence-electron chi connectivity index (χ3n) is 2.70. The number of nitriles is 1. The van der Waals surface area contributed by atoms with Gasteiger partial charge < -0.3 is 0 Å². The molecule has 0 aromatic rings. The van der Waals surface area contributed by atoms with Crippen LogP contribution in [-0.4, -0.2) is 30.3 Å². The lowest BCUT2D eigenvalue weighted by Crippen LogP contribution is -2.45. The second kappa shape index (κ2) is 5.56. The monoisotopic (exact) mass is 194 g/mol. The Balaban J connectivity index is 0.000000791. The molecule has 3 nitrogen and oxygen atoms in total. The topological polar surface area (TPSA) is 44.1 Å². The molecule has 0 atom stereocenters. The molecule has 1 aliphatic carbocycles. The van der Waals surface area contributed by atoms with E-state index in [2.05, 4.69) is 19.2 Å². The van der Waals surface area contributed by atoms with Crippen LogP contribution in [0.5, 0.6) is 0 Å². The van der Waals surface area contributed by atoms with E-state index in [-0.39, 0.29) is 5.54 Å². The molecule has 1 rings (SSSR count). The molecule has 1 saturated carbocycles. The lowest BCUT2D eigenvalue weighted by molar-refractivity contribution is -0.121. The highest BCUT2D eigenvalue weighted by Gasteiger charge is 2.36. The molecule has 0 aliphatic heterocycles. The molecule has 0 heterocycles. The summed E-state index contributed by atoms with van der Waals surface area (Å²) in [7, 11) is 3.80. The molecule has 0 N–H and O–H groups in total. The standard InChI is InChI=1S/C9H14N2O.C2H4/c1-11(2)9(7-10)5-3-8(12)4-6-9;1-2/h3-6H2,1-2H3;1-2H2. The number of hydrogen-bond acceptors (Lipinski definition) is 3. The van der Waals surface area contributed by atoms with Crippen molar-refractivity contribution in [3.8, 4) is 6.07 Å². The normalized spacial score (nSPS) is 19.4. The van der Waals surface area contributed by atoms with Crippen molar-refractivity contribution in [1.29, 1.82) is 5.26 Å². The molecule has 0 bridgehead atoms. The number of hydrogen-bond donors (Lipinski definition) is 0. The van der Waals surface area contributed by atoms with Crippen LogP contribution in [0.1, 0.15) is 25.7 Å². The molecular weight excluding hydrogens is 176 g/mol. The molecule has 78 valence electrons. The van der Waals surface area contributed by atoms with E-state index in [1.807, 2.05) is 19.0 Å². The lowest BCUT2D eigenvalue weighted by Gasteiger charge is -2.35. The van der Waals surface area contributed by atoms with E-state index in [1.54, 1.807) is 0 Å². The summed E-state index contributed by atoms with van der Waals surface area (Å²) in [5.74, 6) is 0.294. The third-order valence-corrected chi connectivity index (χ3v) is 2.70. The van der Waals surface area contributed by atoms with Crippen molar-refractivity contribution in [2.75, 3.05) is 14.1 Å². The van der Waals surface area contributed by atoms with Crippen molar-refractivity contribution < 1.29 is 4.79 Å². The zero-order chi connectivity index (χ0) is 11.2. The summed E-state index contributed by atoms with van der Waals surface area (Å²) in [6.07, 6.45) is 2.50. The van der Waals surface area contributed by atoms with Crippen LogP contribution in [0.15, 0.2) is 13.2 Å². The molecule has 0 unspecified atom stereocenters. The molecule has 0 amide bonds. The van der Waals surface area contributed by atoms with Crippen molar-refractivity contribution >= 4 is 5.78 Å². The number of rotatable bonds is 1. The van der Waals surface area contributed by atoms with Crippen LogP contribution in [0, 0.1) is 11.3 Å². The summed E-state index contributed by atoms with van der Waals surface area (Å²) < 4.78 is 0. The highest BCUT2D eigenvalue weighted by Crippen LogP contribution is 2.29. The summed E-state index contributed by atoms with van der Waals surface area (Å²) in [6.45, 7) is 6.00. The van der Waals surface area contributed by atoms with Crippen LogP contribution in [-0.2, 0) is 4.79 Å². The Kier molecular flexibility index (Phi) is 5.11. The third kappa shape index (κ3) is 2.68. The average Bonchev–Trinajstić information content (AvgIpc) is 2.22. The van der Waals surface area contributed by atoms with Crippen LogP contribution in [0.25, 0.3) is 0 Å². The molecule has 1 fully saturated rings. The maximum atomic E-state index is 11.0. The summed E-state index contributed by atoms with van der Waals surface area (Å²) in [6, 6.07) is 2.31. The van der Waals surface area contributed by atoms with E-state index >= 15 is 0 Å². The summed E-state index contributed by atoms with van der Waals surface area (Å²) in [4.78, 5) is 12.9. The van der Waals surface area contributed by atoms with E-state index in [1.165, 1.54) is 0 Å². The maximum Gasteiger partial charge on any atom is 0.133 e. The largest absolute Gasteiger partial charge is 0.300 e. The van der Waals surface area contributed by atoms with E-state index in [4.69, 9.17) is 5.26 Å². The van der Waals surface area contributed by atoms with Crippen molar-refractivity contribution in [3.63, 3.8) is 0 Å². The van der Waals surface area contributed by atoms with Gasteiger partial charge in [0.05, 0.1) is 6.07 Å². The molecule has 3 heteroatoms. The number of ketones is 1. The van der Waals surface area contributed by atoms with E-state index in [0.717, 1.165) is 0 Å². The zero-order valence-corrected chi connectivity index (χ0v) is 9.05. The predicted octanol–water partition coefficient (Wildman–Crippen LogP) is 1.76. The second-order valence-corrected chi connectivity index (χ2v) is 3.58. The number of carbonyl (C=O) groups is 1. The van der Waals surface area contributed by atoms with Crippen molar-refractivity contribution in [1.82, 2.24) is 4.90 Å². The van der Waals surface area contributed by atoms with Gasteiger partial charge in [-0.05, 0) is 26.9 Å². The first-order chi connectivity index (χ1) is 6.60. The van der Waals surface area contributed by atoms with Gasteiger partial charge in [0.1, 0.15) is 11.3 Å². The highest BCUT2D eigenvalue weighted by molar-refractivity contribution is 5.79. The van der Waals surface area contributed by atoms with Crippen molar-refractivity contribution in [2.45, 2.75) is 31.2 Å². The number of carbonyl (C=O) groups excluding carboxylic acids is 1. The van der Waals surface area contributed by atoms with Crippen molar-refractivity contribution in [3.05, 3.63) is 13.2 Å². The molecule has 0 radical (unpaired) electrons. The number of Topliss-reactive ketones (excluding diaryl/α,β-unsaturated/α-hetero) is 1. The van der Waals surface area contributed by atoms with Gasteiger partial charge in [-0.15, -0.1) is 13.2 Å². The first-order valence-electron chi connectivity index (χ1n) is 4.71. The molecule has 1 aliphatic rings. The average molecular weight is 194 g/mol. The van der Waals surface area contributed by atoms with Gasteiger partial charge in [0.15, 0.2) is 0 Å². The van der Waals surface area contributed by atoms with E-state index in [9.17, 15) is 4.79 Å². The van der Waals surface area contributed by atoms with Crippen LogP contribution in [0.3, 0.4) is 0 Å². The van der Waals surface area contributed by atoms with Gasteiger partial charge in [0.25, 0.3) is 0 Å². The summed E-state index contributed by atoms with van der Waals surface area (Å²) in [5, 5.41) is 9.00. The molecular formula is C11H18N2O. The highest BCUT2D eigenvalue weighted by atomic mass is 16.1. The fraction of sp³-hybridized carbons (Fsp3) is 0.636. The summed E-state index contributed by atoms with van der Waals surface area (Å²) >= 11 is 0. The van der Waals surface area contributed by atoms with E-state index in [0.29, 0.717) is 31.5 Å². The van der Waals surface area contributed by atoms with Crippen molar-refractivity contribution in [2.24, 2.45) is 0 Å². The fourth-order valence-corrected chi connectivity index (χ4v) is 1.60. The second-order valence-electron chi connectivity index (χ2n) is 3.58. The van der Waals surface area contributed by atoms with Gasteiger partial charge in [-0.1, -0.05) is 0 Å². The minimum Gasteiger partial charge on any atom is -0.300 e. The first-order valence-corrected chi connectivity index (χ1v) is 4.71. The lowest BCUT2D eigenvalue weighted by atomic mass is 9.81. The Morgan fingerprint density at radius 3 is 2.07 bits per heavy atom. The van der Waals surface area contributed by atoms with Gasteiger partial charge in [-0.3, -0.25) is 9.69 Å². The van der Waals surface area contributed by atoms with Crippen LogP contribution in [0.2, 0.25) is 0 Å². The first kappa shape index (κ1) is 12.9. The molecule has 0 saturated heterocycles. The zero-order valence-electron chi connectivity index (χ0n) is 9.05. The van der Waals surface area contributed by atoms with Gasteiger partial charge in [-0.25, -0.2) is 0 Å². The van der Waals surface area contributed by atoms with Crippen LogP contribution >= 0.6 is 0 Å². The molecule has 0 aromatic heterocycles. The van der Waals surface area contributed by atoms with E-state index < -0.39 is 0 Å². The Labute approximate surface area is 86.0 Å². The Hall–Kier alpha value is -1.14. The summed E-state index contributed by atoms with van der Waals surface area (Å²) in [5.41, 5.74) is -0.381. The minimum atomic E-state index is -0.381. The van der Waals surface area contributed by atoms with Gasteiger partial charge in [0.2, 0.25) is 0 Å². The van der Waals surface area contributed by atoms with Gasteiger partial charge in [-0.2, -0.15) is 5.26 Å². The number of nitrogens with zero attached hydrogens (tertiary/aromatic N) is 2. The predicted molar refractivity (Wildman–Crippen MR) is 56.8 cm³/mol. The molecule has 0 aromatic carbocycles. The Morgan fingerprint density at radius 2 is 1.79 bits per heavy atom. The Bertz CT molecular complexity index is 230. The van der Waals surface area contributed by atoms with Crippen LogP contribution in [0.4, 0.5) is 0 Å². The minimum absolute atomic E-state index is 0.294. The molecule has 0 spiro atoms. The van der Waals surface area contributed by atoms with Gasteiger partial charge in [0, 0.05) is 12.8 Å².